The molecule has 5 aromatic rings. The number of nitrogens with zero attached hydrogens (tertiary/aromatic N) is 4. The molecule has 0 saturated heterocycles. The monoisotopic (exact) mass is 654 g/mol. The first-order valence-corrected chi connectivity index (χ1v) is 15.3. The summed E-state index contributed by atoms with van der Waals surface area (Å²) in [6.45, 7) is 2.98. The van der Waals surface area contributed by atoms with Crippen LogP contribution in [0.15, 0.2) is 100 Å². The van der Waals surface area contributed by atoms with E-state index in [-0.39, 0.29) is 22.6 Å². The van der Waals surface area contributed by atoms with Crippen molar-refractivity contribution in [2.75, 3.05) is 14.2 Å². The van der Waals surface area contributed by atoms with Gasteiger partial charge in [0.15, 0.2) is 16.3 Å². The minimum Gasteiger partial charge on any atom is -0.493 e. The van der Waals surface area contributed by atoms with E-state index >= 15 is 0 Å². The van der Waals surface area contributed by atoms with E-state index in [0.717, 1.165) is 11.3 Å². The summed E-state index contributed by atoms with van der Waals surface area (Å²) in [6.07, 6.45) is 3.64. The highest BCUT2D eigenvalue weighted by Crippen LogP contribution is 2.36. The fraction of sp³-hybridized carbons (Fsp3) is 0.147. The van der Waals surface area contributed by atoms with Gasteiger partial charge in [-0.05, 0) is 55.0 Å². The number of fused-ring (bicyclic) bond motifs is 1. The van der Waals surface area contributed by atoms with Crippen LogP contribution in [0.3, 0.4) is 0 Å². The number of benzene rings is 3. The van der Waals surface area contributed by atoms with Gasteiger partial charge in [0, 0.05) is 29.3 Å². The van der Waals surface area contributed by atoms with Crippen molar-refractivity contribution in [1.82, 2.24) is 14.3 Å². The lowest BCUT2D eigenvalue weighted by atomic mass is 9.95. The second-order valence-electron chi connectivity index (χ2n) is 10.3. The van der Waals surface area contributed by atoms with Gasteiger partial charge in [0.1, 0.15) is 5.69 Å². The summed E-state index contributed by atoms with van der Waals surface area (Å²) >= 11 is 7.36. The molecule has 0 bridgehead atoms. The summed E-state index contributed by atoms with van der Waals surface area (Å²) in [5.74, 6) is -0.678. The van der Waals surface area contributed by atoms with Crippen molar-refractivity contribution >= 4 is 41.0 Å². The van der Waals surface area contributed by atoms with Gasteiger partial charge in [-0.3, -0.25) is 14.2 Å². The van der Waals surface area contributed by atoms with E-state index < -0.39 is 18.0 Å². The highest BCUT2D eigenvalue weighted by atomic mass is 35.5. The highest BCUT2D eigenvalue weighted by Gasteiger charge is 2.34. The van der Waals surface area contributed by atoms with Crippen molar-refractivity contribution in [3.8, 4) is 28.4 Å². The SMILES string of the molecule is COC(=O)C1=C(C)N=c2s/c(=C/c3cn(-c4ccccc4)nc3-c3ccc(Cl)cc3)c(=O)n2[C@H]1c1ccc(OC(C)=O)c(OC)c1. The third-order valence-electron chi connectivity index (χ3n) is 7.35. The molecule has 0 aliphatic carbocycles. The minimum absolute atomic E-state index is 0.197. The average molecular weight is 655 g/mol. The van der Waals surface area contributed by atoms with E-state index in [0.29, 0.717) is 36.9 Å². The summed E-state index contributed by atoms with van der Waals surface area (Å²) < 4.78 is 19.5. The molecule has 3 heterocycles. The number of carbonyl (C=O) groups excluding carboxylic acids is 2. The lowest BCUT2D eigenvalue weighted by molar-refractivity contribution is -0.136. The molecule has 12 heteroatoms. The predicted octanol–water partition coefficient (Wildman–Crippen LogP) is 4.85. The zero-order valence-electron chi connectivity index (χ0n) is 25.2. The van der Waals surface area contributed by atoms with Crippen LogP contribution in [0, 0.1) is 0 Å². The standard InChI is InChI=1S/C34H27ClN4O6S/c1-19-29(33(42)44-4)31(22-12-15-26(45-20(2)40)27(16-22)43-3)39-32(41)28(46-34(39)36-19)17-23-18-38(25-8-6-5-7-9-25)37-30(23)21-10-13-24(35)14-11-21/h5-18,31H,1-4H3/b28-17+/t31-/m0/s1. The smallest absolute Gasteiger partial charge is 0.338 e. The molecule has 1 atom stereocenters. The van der Waals surface area contributed by atoms with Crippen LogP contribution in [0.5, 0.6) is 11.5 Å². The van der Waals surface area contributed by atoms with Crippen molar-refractivity contribution < 1.29 is 23.8 Å². The van der Waals surface area contributed by atoms with Gasteiger partial charge in [0.05, 0.1) is 41.8 Å². The third-order valence-corrected chi connectivity index (χ3v) is 8.59. The lowest BCUT2D eigenvalue weighted by Crippen LogP contribution is -2.39. The number of ether oxygens (including phenoxy) is 3. The Balaban J connectivity index is 1.56. The van der Waals surface area contributed by atoms with Gasteiger partial charge in [-0.2, -0.15) is 5.10 Å². The van der Waals surface area contributed by atoms with Crippen molar-refractivity contribution in [2.45, 2.75) is 19.9 Å². The molecule has 0 spiro atoms. The summed E-state index contributed by atoms with van der Waals surface area (Å²) in [4.78, 5) is 44.1. The second kappa shape index (κ2) is 12.6. The number of hydrogen-bond acceptors (Lipinski definition) is 9. The van der Waals surface area contributed by atoms with Crippen molar-refractivity contribution in [3.63, 3.8) is 0 Å². The number of carbonyl (C=O) groups is 2. The molecule has 6 rings (SSSR count). The van der Waals surface area contributed by atoms with E-state index in [9.17, 15) is 14.4 Å². The number of aromatic nitrogens is 3. The molecule has 0 saturated carbocycles. The Bertz CT molecular complexity index is 2200. The first-order chi connectivity index (χ1) is 22.2. The van der Waals surface area contributed by atoms with Gasteiger partial charge < -0.3 is 14.2 Å². The molecule has 0 unspecified atom stereocenters. The average Bonchev–Trinajstić information content (AvgIpc) is 3.61. The Hall–Kier alpha value is -5.26. The Morgan fingerprint density at radius 2 is 1.74 bits per heavy atom. The van der Waals surface area contributed by atoms with Crippen molar-refractivity contribution in [2.24, 2.45) is 4.99 Å². The first-order valence-electron chi connectivity index (χ1n) is 14.1. The van der Waals surface area contributed by atoms with Crippen LogP contribution in [-0.4, -0.2) is 40.5 Å². The number of halogens is 1. The number of para-hydroxylation sites is 1. The molecule has 0 radical (unpaired) electrons. The Kier molecular flexibility index (Phi) is 8.44. The molecule has 232 valence electrons. The summed E-state index contributed by atoms with van der Waals surface area (Å²) in [7, 11) is 2.71. The van der Waals surface area contributed by atoms with Gasteiger partial charge in [-0.25, -0.2) is 14.5 Å². The maximum atomic E-state index is 14.3. The molecular formula is C34H27ClN4O6S. The molecule has 3 aromatic carbocycles. The molecule has 1 aliphatic rings. The van der Waals surface area contributed by atoms with Crippen LogP contribution in [-0.2, 0) is 14.3 Å². The summed E-state index contributed by atoms with van der Waals surface area (Å²) in [5, 5.41) is 5.45. The maximum Gasteiger partial charge on any atom is 0.338 e. The largest absolute Gasteiger partial charge is 0.493 e. The van der Waals surface area contributed by atoms with Crippen LogP contribution < -0.4 is 24.4 Å². The fourth-order valence-electron chi connectivity index (χ4n) is 5.28. The van der Waals surface area contributed by atoms with Crippen LogP contribution in [0.4, 0.5) is 0 Å². The van der Waals surface area contributed by atoms with Crippen LogP contribution in [0.25, 0.3) is 23.0 Å². The van der Waals surface area contributed by atoms with Crippen LogP contribution in [0.1, 0.15) is 31.0 Å². The molecule has 1 aliphatic heterocycles. The van der Waals surface area contributed by atoms with E-state index in [4.69, 9.17) is 30.9 Å². The van der Waals surface area contributed by atoms with Gasteiger partial charge in [0.25, 0.3) is 5.56 Å². The van der Waals surface area contributed by atoms with Gasteiger partial charge in [0.2, 0.25) is 0 Å². The normalized spacial score (nSPS) is 14.5. The Morgan fingerprint density at radius 1 is 1.00 bits per heavy atom. The number of esters is 2. The van der Waals surface area contributed by atoms with Crippen LogP contribution >= 0.6 is 22.9 Å². The van der Waals surface area contributed by atoms with E-state index in [1.807, 2.05) is 48.7 Å². The zero-order chi connectivity index (χ0) is 32.5. The third kappa shape index (κ3) is 5.78. The second-order valence-corrected chi connectivity index (χ2v) is 11.7. The van der Waals surface area contributed by atoms with Gasteiger partial charge in [-0.15, -0.1) is 0 Å². The highest BCUT2D eigenvalue weighted by molar-refractivity contribution is 7.07. The van der Waals surface area contributed by atoms with Crippen molar-refractivity contribution in [3.05, 3.63) is 126 Å². The number of thiazole rings is 1. The van der Waals surface area contributed by atoms with Gasteiger partial charge >= 0.3 is 11.9 Å². The molecule has 10 nitrogen and oxygen atoms in total. The summed E-state index contributed by atoms with van der Waals surface area (Å²) in [6, 6.07) is 20.9. The number of rotatable bonds is 7. The van der Waals surface area contributed by atoms with Crippen molar-refractivity contribution in [1.29, 1.82) is 0 Å². The van der Waals surface area contributed by atoms with Gasteiger partial charge in [-0.1, -0.05) is 59.3 Å². The predicted molar refractivity (Wildman–Crippen MR) is 174 cm³/mol. The quantitative estimate of drug-likeness (QED) is 0.182. The molecule has 0 amide bonds. The molecule has 46 heavy (non-hydrogen) atoms. The van der Waals surface area contributed by atoms with E-state index in [2.05, 4.69) is 4.99 Å². The number of allylic oxidation sites excluding steroid dienone is 1. The van der Waals surface area contributed by atoms with E-state index in [1.54, 1.807) is 48.0 Å². The fourth-order valence-corrected chi connectivity index (χ4v) is 6.44. The molecule has 0 N–H and O–H groups in total. The van der Waals surface area contributed by atoms with Crippen LogP contribution in [0.2, 0.25) is 5.02 Å². The molecule has 2 aromatic heterocycles. The minimum atomic E-state index is -0.895. The lowest BCUT2D eigenvalue weighted by Gasteiger charge is -2.25. The van der Waals surface area contributed by atoms with E-state index in [1.165, 1.54) is 37.0 Å². The Labute approximate surface area is 272 Å². The first kappa shape index (κ1) is 30.8. The summed E-state index contributed by atoms with van der Waals surface area (Å²) in [5.41, 5.74) is 3.80. The number of hydrogen-bond donors (Lipinski definition) is 0. The molecule has 0 fully saturated rings. The topological polar surface area (TPSA) is 114 Å². The number of methoxy groups -OCH3 is 2. The zero-order valence-corrected chi connectivity index (χ0v) is 26.8. The maximum absolute atomic E-state index is 14.3. The Morgan fingerprint density at radius 3 is 2.41 bits per heavy atom. The molecular weight excluding hydrogens is 628 g/mol.